The summed E-state index contributed by atoms with van der Waals surface area (Å²) in [6.07, 6.45) is 8.21. The third-order valence-corrected chi connectivity index (χ3v) is 3.72. The van der Waals surface area contributed by atoms with E-state index in [0.29, 0.717) is 17.1 Å². The average molecular weight is 148 g/mol. The number of rotatable bonds is 0. The molecule has 0 amide bonds. The zero-order valence-electron chi connectivity index (χ0n) is 6.60. The van der Waals surface area contributed by atoms with Crippen LogP contribution in [0.25, 0.3) is 0 Å². The van der Waals surface area contributed by atoms with Crippen molar-refractivity contribution in [3.8, 4) is 0 Å². The summed E-state index contributed by atoms with van der Waals surface area (Å²) in [5.74, 6) is 0.848. The second-order valence-electron chi connectivity index (χ2n) is 4.28. The second-order valence-corrected chi connectivity index (χ2v) is 4.28. The van der Waals surface area contributed by atoms with Crippen molar-refractivity contribution >= 4 is 5.78 Å². The molecule has 0 aromatic rings. The number of allylic oxidation sites excluding steroid dienone is 2. The van der Waals surface area contributed by atoms with Gasteiger partial charge < -0.3 is 0 Å². The van der Waals surface area contributed by atoms with Crippen LogP contribution in [-0.4, -0.2) is 5.78 Å². The van der Waals surface area contributed by atoms with E-state index in [4.69, 9.17) is 0 Å². The van der Waals surface area contributed by atoms with Crippen LogP contribution in [-0.2, 0) is 4.79 Å². The third kappa shape index (κ3) is 0.559. The first-order chi connectivity index (χ1) is 5.30. The molecule has 2 bridgehead atoms. The van der Waals surface area contributed by atoms with E-state index in [1.54, 1.807) is 5.57 Å². The van der Waals surface area contributed by atoms with Crippen LogP contribution in [0.4, 0.5) is 0 Å². The van der Waals surface area contributed by atoms with Crippen LogP contribution in [0.5, 0.6) is 0 Å². The van der Waals surface area contributed by atoms with E-state index in [1.165, 1.54) is 25.7 Å². The van der Waals surface area contributed by atoms with E-state index >= 15 is 0 Å². The number of hydrogen-bond donors (Lipinski definition) is 0. The minimum Gasteiger partial charge on any atom is -0.299 e. The minimum atomic E-state index is 0.338. The van der Waals surface area contributed by atoms with Crippen molar-refractivity contribution in [2.75, 3.05) is 0 Å². The molecule has 58 valence electrons. The molecule has 2 unspecified atom stereocenters. The highest BCUT2D eigenvalue weighted by Crippen LogP contribution is 2.59. The van der Waals surface area contributed by atoms with Crippen molar-refractivity contribution in [2.24, 2.45) is 11.3 Å². The van der Waals surface area contributed by atoms with Gasteiger partial charge in [-0.05, 0) is 31.1 Å². The maximum Gasteiger partial charge on any atom is 0.140 e. The molecule has 1 nitrogen and oxygen atoms in total. The predicted octanol–water partition coefficient (Wildman–Crippen LogP) is 2.08. The first-order valence-electron chi connectivity index (χ1n) is 4.54. The Hall–Kier alpha value is -0.590. The Bertz CT molecular complexity index is 264. The molecule has 2 saturated carbocycles. The summed E-state index contributed by atoms with van der Waals surface area (Å²) >= 11 is 0. The molecule has 11 heavy (non-hydrogen) atoms. The van der Waals surface area contributed by atoms with Gasteiger partial charge in [-0.2, -0.15) is 0 Å². The van der Waals surface area contributed by atoms with Gasteiger partial charge in [0.25, 0.3) is 0 Å². The molecule has 2 fully saturated rings. The Balaban J connectivity index is 2.13. The summed E-state index contributed by atoms with van der Waals surface area (Å²) in [4.78, 5) is 11.3. The van der Waals surface area contributed by atoms with Crippen molar-refractivity contribution in [3.63, 3.8) is 0 Å². The number of Topliss-reactive ketones (excluding diaryl/α,β-unsaturated/α-hetero) is 1. The normalized spacial score (nSPS) is 46.4. The molecular weight excluding hydrogens is 136 g/mol. The van der Waals surface area contributed by atoms with Crippen LogP contribution in [0.15, 0.2) is 11.6 Å². The molecule has 0 aliphatic heterocycles. The Kier molecular flexibility index (Phi) is 0.869. The molecule has 0 N–H and O–H groups in total. The monoisotopic (exact) mass is 148 g/mol. The zero-order chi connectivity index (χ0) is 7.47. The van der Waals surface area contributed by atoms with Crippen LogP contribution in [0.3, 0.4) is 0 Å². The maximum atomic E-state index is 11.3. The van der Waals surface area contributed by atoms with Crippen molar-refractivity contribution in [1.29, 1.82) is 0 Å². The summed E-state index contributed by atoms with van der Waals surface area (Å²) in [5.41, 5.74) is 2.03. The van der Waals surface area contributed by atoms with Crippen molar-refractivity contribution in [3.05, 3.63) is 11.6 Å². The minimum absolute atomic E-state index is 0.338. The topological polar surface area (TPSA) is 17.1 Å². The van der Waals surface area contributed by atoms with E-state index in [9.17, 15) is 4.79 Å². The van der Waals surface area contributed by atoms with Crippen molar-refractivity contribution in [1.82, 2.24) is 0 Å². The van der Waals surface area contributed by atoms with Gasteiger partial charge in [0.15, 0.2) is 0 Å². The highest BCUT2D eigenvalue weighted by atomic mass is 16.1. The number of fused-ring (bicyclic) bond motifs is 1. The fraction of sp³-hybridized carbons (Fsp3) is 0.700. The fourth-order valence-corrected chi connectivity index (χ4v) is 3.20. The van der Waals surface area contributed by atoms with E-state index in [1.807, 2.05) is 0 Å². The smallest absolute Gasteiger partial charge is 0.140 e. The summed E-state index contributed by atoms with van der Waals surface area (Å²) in [6.45, 7) is 0. The first-order valence-corrected chi connectivity index (χ1v) is 4.54. The third-order valence-electron chi connectivity index (χ3n) is 3.72. The second kappa shape index (κ2) is 1.60. The van der Waals surface area contributed by atoms with E-state index in [-0.39, 0.29) is 0 Å². The lowest BCUT2D eigenvalue weighted by molar-refractivity contribution is -0.120. The number of carbonyl (C=O) groups is 1. The fourth-order valence-electron chi connectivity index (χ4n) is 3.20. The highest BCUT2D eigenvalue weighted by molar-refractivity contribution is 5.88. The van der Waals surface area contributed by atoms with Crippen molar-refractivity contribution in [2.45, 2.75) is 32.1 Å². The number of ketones is 1. The maximum absolute atomic E-state index is 11.3. The van der Waals surface area contributed by atoms with Gasteiger partial charge in [0.1, 0.15) is 5.78 Å². The first kappa shape index (κ1) is 5.99. The SMILES string of the molecule is O=C1CC23CCCC2=CC1C3. The molecule has 3 rings (SSSR count). The van der Waals surface area contributed by atoms with Crippen LogP contribution in [0, 0.1) is 11.3 Å². The molecule has 0 radical (unpaired) electrons. The standard InChI is InChI=1S/C10H12O/c11-9-6-10-3-1-2-8(10)4-7(9)5-10/h4,7H,1-3,5-6H2. The zero-order valence-corrected chi connectivity index (χ0v) is 6.60. The van der Waals surface area contributed by atoms with E-state index < -0.39 is 0 Å². The predicted molar refractivity (Wildman–Crippen MR) is 42.1 cm³/mol. The molecule has 3 aliphatic carbocycles. The Morgan fingerprint density at radius 2 is 2.45 bits per heavy atom. The number of carbonyl (C=O) groups excluding carboxylic acids is 1. The van der Waals surface area contributed by atoms with E-state index in [0.717, 1.165) is 6.42 Å². The summed E-state index contributed by atoms with van der Waals surface area (Å²) in [6, 6.07) is 0. The molecule has 2 atom stereocenters. The lowest BCUT2D eigenvalue weighted by atomic mass is 9.83. The molecule has 1 heteroatoms. The van der Waals surface area contributed by atoms with Gasteiger partial charge in [-0.3, -0.25) is 4.79 Å². The molecule has 0 aromatic heterocycles. The molecule has 0 heterocycles. The highest BCUT2D eigenvalue weighted by Gasteiger charge is 2.52. The summed E-state index contributed by atoms with van der Waals surface area (Å²) < 4.78 is 0. The van der Waals surface area contributed by atoms with E-state index in [2.05, 4.69) is 6.08 Å². The lowest BCUT2D eigenvalue weighted by Crippen LogP contribution is -2.14. The Morgan fingerprint density at radius 3 is 3.27 bits per heavy atom. The van der Waals surface area contributed by atoms with Gasteiger partial charge in [0.05, 0.1) is 0 Å². The number of hydrogen-bond acceptors (Lipinski definition) is 1. The quantitative estimate of drug-likeness (QED) is 0.481. The molecule has 3 aliphatic rings. The molecule has 0 aromatic carbocycles. The van der Waals surface area contributed by atoms with Gasteiger partial charge in [-0.1, -0.05) is 11.6 Å². The summed E-state index contributed by atoms with van der Waals surface area (Å²) in [5, 5.41) is 0. The summed E-state index contributed by atoms with van der Waals surface area (Å²) in [7, 11) is 0. The van der Waals surface area contributed by atoms with Crippen molar-refractivity contribution < 1.29 is 4.79 Å². The van der Waals surface area contributed by atoms with Crippen LogP contribution in [0.2, 0.25) is 0 Å². The van der Waals surface area contributed by atoms with Gasteiger partial charge in [0.2, 0.25) is 0 Å². The lowest BCUT2D eigenvalue weighted by Gasteiger charge is -2.21. The molecular formula is C10H12O. The Morgan fingerprint density at radius 1 is 1.55 bits per heavy atom. The van der Waals surface area contributed by atoms with Crippen LogP contribution >= 0.6 is 0 Å². The van der Waals surface area contributed by atoms with Gasteiger partial charge in [-0.15, -0.1) is 0 Å². The molecule has 0 saturated heterocycles. The largest absolute Gasteiger partial charge is 0.299 e. The van der Waals surface area contributed by atoms with Crippen LogP contribution < -0.4 is 0 Å². The molecule has 1 spiro atoms. The van der Waals surface area contributed by atoms with Gasteiger partial charge >= 0.3 is 0 Å². The Labute approximate surface area is 66.5 Å². The van der Waals surface area contributed by atoms with Crippen LogP contribution in [0.1, 0.15) is 32.1 Å². The average Bonchev–Trinajstić information content (AvgIpc) is 2.49. The van der Waals surface area contributed by atoms with Gasteiger partial charge in [0, 0.05) is 12.3 Å². The van der Waals surface area contributed by atoms with Gasteiger partial charge in [-0.25, -0.2) is 0 Å².